The Kier molecular flexibility index (Phi) is 9.30. The van der Waals surface area contributed by atoms with Gasteiger partial charge >= 0.3 is 0 Å². The average molecular weight is 689 g/mol. The van der Waals surface area contributed by atoms with Crippen molar-refractivity contribution in [2.75, 3.05) is 0 Å². The molecular weight excluding hydrogens is 659 g/mol. The molecule has 193 valence electrons. The van der Waals surface area contributed by atoms with Gasteiger partial charge in [0.15, 0.2) is 5.78 Å². The predicted octanol–water partition coefficient (Wildman–Crippen LogP) is 8.14. The summed E-state index contributed by atoms with van der Waals surface area (Å²) < 4.78 is 2.33. The topological polar surface area (TPSA) is 76.0 Å². The molecule has 37 heavy (non-hydrogen) atoms. The summed E-state index contributed by atoms with van der Waals surface area (Å²) in [5, 5.41) is 9.58. The summed E-state index contributed by atoms with van der Waals surface area (Å²) in [4.78, 5) is 24.3. The number of benzene rings is 1. The number of aliphatic hydroxyl groups excluding tert-OH is 1. The number of nitrogens with zero attached hydrogens (tertiary/aromatic N) is 3. The van der Waals surface area contributed by atoms with Crippen LogP contribution in [0.2, 0.25) is 0 Å². The Labute approximate surface area is 235 Å². The van der Waals surface area contributed by atoms with Crippen LogP contribution in [0.3, 0.4) is 0 Å². The number of pyridine rings is 3. The van der Waals surface area contributed by atoms with Gasteiger partial charge in [0.1, 0.15) is 0 Å². The minimum atomic E-state index is -0.125. The summed E-state index contributed by atoms with van der Waals surface area (Å²) in [5.74, 6) is 0.787. The van der Waals surface area contributed by atoms with Gasteiger partial charge in [0.05, 0.1) is 22.3 Å². The Bertz CT molecular complexity index is 1600. The maximum absolute atomic E-state index is 10.0. The number of carbonyl (C=O) groups is 1. The van der Waals surface area contributed by atoms with Gasteiger partial charge in [0, 0.05) is 42.5 Å². The summed E-state index contributed by atoms with van der Waals surface area (Å²) in [7, 11) is 0. The van der Waals surface area contributed by atoms with Crippen LogP contribution in [0.1, 0.15) is 64.5 Å². The van der Waals surface area contributed by atoms with Gasteiger partial charge in [-0.15, -0.1) is 5.56 Å². The monoisotopic (exact) mass is 689 g/mol. The molecule has 0 fully saturated rings. The molecule has 0 spiro atoms. The maximum Gasteiger partial charge on any atom is 0.155 e. The van der Waals surface area contributed by atoms with Crippen molar-refractivity contribution < 1.29 is 30.0 Å². The van der Waals surface area contributed by atoms with Crippen molar-refractivity contribution in [2.45, 2.75) is 53.4 Å². The predicted molar refractivity (Wildman–Crippen MR) is 150 cm³/mol. The molecule has 0 unspecified atom stereocenters. The minimum Gasteiger partial charge on any atom is -0.512 e. The van der Waals surface area contributed by atoms with Gasteiger partial charge in [-0.05, 0) is 65.5 Å². The number of hydrogen-bond donors (Lipinski definition) is 1. The molecule has 0 saturated heterocycles. The summed E-state index contributed by atoms with van der Waals surface area (Å²) >= 11 is 1.76. The molecule has 1 radical (unpaired) electrons. The van der Waals surface area contributed by atoms with E-state index in [4.69, 9.17) is 10.1 Å². The SMILES string of the molecule is CC(=O)/C=C(/C)O.CC(C)c1cc(-c2[c-]cnc3c2sc2c(C(C)C)ccnc23)nc2ccccc12.[Ir]. The summed E-state index contributed by atoms with van der Waals surface area (Å²) in [6.07, 6.45) is 4.83. The van der Waals surface area contributed by atoms with Crippen molar-refractivity contribution in [1.29, 1.82) is 0 Å². The fourth-order valence-corrected chi connectivity index (χ4v) is 5.64. The zero-order valence-electron chi connectivity index (χ0n) is 21.8. The molecule has 1 N–H and O–H groups in total. The molecule has 0 amide bonds. The number of hydrogen-bond acceptors (Lipinski definition) is 6. The second kappa shape index (κ2) is 12.0. The van der Waals surface area contributed by atoms with E-state index in [0.29, 0.717) is 11.8 Å². The summed E-state index contributed by atoms with van der Waals surface area (Å²) in [6.45, 7) is 11.8. The first-order valence-corrected chi connectivity index (χ1v) is 12.8. The molecule has 5 rings (SSSR count). The fraction of sp³-hybridized carbons (Fsp3) is 0.267. The number of para-hydroxylation sites is 1. The van der Waals surface area contributed by atoms with E-state index in [-0.39, 0.29) is 31.6 Å². The van der Waals surface area contributed by atoms with E-state index in [1.165, 1.54) is 41.1 Å². The molecule has 0 saturated carbocycles. The van der Waals surface area contributed by atoms with Crippen molar-refractivity contribution in [2.24, 2.45) is 0 Å². The Morgan fingerprint density at radius 3 is 2.27 bits per heavy atom. The average Bonchev–Trinajstić information content (AvgIpc) is 3.21. The normalized spacial score (nSPS) is 11.6. The molecule has 0 aliphatic rings. The van der Waals surface area contributed by atoms with Crippen LogP contribution >= 0.6 is 11.3 Å². The minimum absolute atomic E-state index is 0. The van der Waals surface area contributed by atoms with E-state index in [1.54, 1.807) is 17.5 Å². The standard InChI is InChI=1S/C25H22N3S.C5H8O2.Ir/c1-14(2)16-9-11-26-22-23-25(29-24(16)22)18(10-12-27-23)21-13-19(15(3)4)17-7-5-6-8-20(17)28-21;1-4(6)3-5(2)7;/h5-9,11-15H,1-4H3;3,6H,1-2H3;/q-1;;/b;4-3-;. The first kappa shape index (κ1) is 28.6. The van der Waals surface area contributed by atoms with Crippen LogP contribution < -0.4 is 0 Å². The van der Waals surface area contributed by atoms with Crippen molar-refractivity contribution in [3.63, 3.8) is 0 Å². The molecule has 7 heteroatoms. The number of aromatic nitrogens is 3. The molecular formula is C30H30IrN3O2S-. The number of fused-ring (bicyclic) bond motifs is 4. The second-order valence-electron chi connectivity index (χ2n) is 9.45. The van der Waals surface area contributed by atoms with Gasteiger partial charge in [-0.25, -0.2) is 0 Å². The molecule has 0 aliphatic heterocycles. The number of allylic oxidation sites excluding steroid dienone is 2. The van der Waals surface area contributed by atoms with Crippen LogP contribution in [0.25, 0.3) is 42.6 Å². The Morgan fingerprint density at radius 2 is 1.65 bits per heavy atom. The number of carbonyl (C=O) groups excluding carboxylic acids is 1. The van der Waals surface area contributed by atoms with E-state index in [9.17, 15) is 4.79 Å². The Balaban J connectivity index is 0.000000422. The smallest absolute Gasteiger partial charge is 0.155 e. The maximum atomic E-state index is 10.0. The zero-order chi connectivity index (χ0) is 26.0. The quantitative estimate of drug-likeness (QED) is 0.117. The third-order valence-corrected chi connectivity index (χ3v) is 7.10. The fourth-order valence-electron chi connectivity index (χ4n) is 4.26. The molecule has 0 bridgehead atoms. The van der Waals surface area contributed by atoms with Crippen LogP contribution in [0.4, 0.5) is 0 Å². The van der Waals surface area contributed by atoms with Crippen molar-refractivity contribution in [1.82, 2.24) is 15.0 Å². The number of aliphatic hydroxyl groups is 1. The summed E-state index contributed by atoms with van der Waals surface area (Å²) in [6, 6.07) is 16.1. The number of ketones is 1. The molecule has 0 aliphatic carbocycles. The zero-order valence-corrected chi connectivity index (χ0v) is 25.0. The van der Waals surface area contributed by atoms with E-state index in [1.807, 2.05) is 12.3 Å². The Morgan fingerprint density at radius 1 is 0.973 bits per heavy atom. The van der Waals surface area contributed by atoms with Crippen LogP contribution in [0, 0.1) is 6.07 Å². The third-order valence-electron chi connectivity index (χ3n) is 5.87. The van der Waals surface area contributed by atoms with Gasteiger partial charge in [0.25, 0.3) is 0 Å². The third kappa shape index (κ3) is 6.12. The first-order valence-electron chi connectivity index (χ1n) is 12.0. The molecule has 5 aromatic rings. The summed E-state index contributed by atoms with van der Waals surface area (Å²) in [5.41, 5.74) is 7.55. The van der Waals surface area contributed by atoms with E-state index < -0.39 is 0 Å². The van der Waals surface area contributed by atoms with Gasteiger partial charge in [-0.3, -0.25) is 14.8 Å². The van der Waals surface area contributed by atoms with Crippen LogP contribution in [-0.2, 0) is 24.9 Å². The van der Waals surface area contributed by atoms with Crippen molar-refractivity contribution >= 4 is 48.5 Å². The van der Waals surface area contributed by atoms with E-state index in [2.05, 4.69) is 74.1 Å². The second-order valence-corrected chi connectivity index (χ2v) is 10.5. The number of thiophene rings is 1. The molecule has 5 nitrogen and oxygen atoms in total. The van der Waals surface area contributed by atoms with Crippen molar-refractivity contribution in [3.8, 4) is 11.3 Å². The van der Waals surface area contributed by atoms with Crippen molar-refractivity contribution in [3.05, 3.63) is 77.8 Å². The van der Waals surface area contributed by atoms with Crippen LogP contribution in [-0.4, -0.2) is 25.8 Å². The molecule has 4 aromatic heterocycles. The van der Waals surface area contributed by atoms with E-state index in [0.717, 1.165) is 32.5 Å². The van der Waals surface area contributed by atoms with Gasteiger partial charge in [-0.2, -0.15) is 17.4 Å². The first-order chi connectivity index (χ1) is 17.2. The van der Waals surface area contributed by atoms with Gasteiger partial charge < -0.3 is 10.1 Å². The van der Waals surface area contributed by atoms with Gasteiger partial charge in [-0.1, -0.05) is 52.0 Å². The van der Waals surface area contributed by atoms with E-state index >= 15 is 0 Å². The largest absolute Gasteiger partial charge is 0.512 e. The number of rotatable bonds is 4. The van der Waals surface area contributed by atoms with Crippen LogP contribution in [0.15, 0.2) is 60.6 Å². The molecule has 1 aromatic carbocycles. The molecule has 4 heterocycles. The van der Waals surface area contributed by atoms with Crippen LogP contribution in [0.5, 0.6) is 0 Å². The molecule has 0 atom stereocenters. The van der Waals surface area contributed by atoms with Gasteiger partial charge in [0.2, 0.25) is 0 Å². The Hall–Kier alpha value is -2.99.